The third-order valence-corrected chi connectivity index (χ3v) is 5.05. The average molecular weight is 379 g/mol. The van der Waals surface area contributed by atoms with Crippen LogP contribution in [-0.4, -0.2) is 72.6 Å². The van der Waals surface area contributed by atoms with Crippen LogP contribution in [0.15, 0.2) is 15.6 Å². The van der Waals surface area contributed by atoms with Gasteiger partial charge in [-0.2, -0.15) is 0 Å². The van der Waals surface area contributed by atoms with Crippen molar-refractivity contribution in [2.24, 2.45) is 4.99 Å². The fraction of sp³-hybridized carbons (Fsp3) is 0.800. The van der Waals surface area contributed by atoms with E-state index in [1.807, 2.05) is 6.20 Å². The van der Waals surface area contributed by atoms with E-state index < -0.39 is 0 Å². The lowest BCUT2D eigenvalue weighted by molar-refractivity contribution is 0.107. The standard InChI is InChI=1S/C20H38N6O/c1-7-21-19(24-15-18-22-14-17(27-18)20(4,5)6)23-13-16(3)26-11-9-25(8-2)10-12-26/h14,16H,7-13,15H2,1-6H3,(H2,21,23,24). The maximum Gasteiger partial charge on any atom is 0.216 e. The first-order chi connectivity index (χ1) is 12.8. The molecule has 0 saturated carbocycles. The molecule has 1 aliphatic rings. The summed E-state index contributed by atoms with van der Waals surface area (Å²) in [6.45, 7) is 20.8. The lowest BCUT2D eigenvalue weighted by atomic mass is 9.94. The highest BCUT2D eigenvalue weighted by Gasteiger charge is 2.21. The SMILES string of the molecule is CCNC(=NCc1ncc(C(C)(C)C)o1)NCC(C)N1CCN(CC)CC1. The molecule has 2 N–H and O–H groups in total. The van der Waals surface area contributed by atoms with Gasteiger partial charge in [-0.15, -0.1) is 0 Å². The number of piperazine rings is 1. The summed E-state index contributed by atoms with van der Waals surface area (Å²) in [4.78, 5) is 14.0. The highest BCUT2D eigenvalue weighted by Crippen LogP contribution is 2.22. The van der Waals surface area contributed by atoms with Crippen LogP contribution in [0.25, 0.3) is 0 Å². The number of hydrogen-bond acceptors (Lipinski definition) is 5. The molecule has 0 spiro atoms. The predicted octanol–water partition coefficient (Wildman–Crippen LogP) is 2.05. The first kappa shape index (κ1) is 21.7. The molecule has 1 unspecified atom stereocenters. The molecule has 0 radical (unpaired) electrons. The van der Waals surface area contributed by atoms with Crippen LogP contribution in [-0.2, 0) is 12.0 Å². The molecule has 1 aromatic heterocycles. The summed E-state index contributed by atoms with van der Waals surface area (Å²) in [5.74, 6) is 2.36. The van der Waals surface area contributed by atoms with Crippen LogP contribution in [0.2, 0.25) is 0 Å². The van der Waals surface area contributed by atoms with Crippen molar-refractivity contribution >= 4 is 5.96 Å². The Morgan fingerprint density at radius 1 is 1.22 bits per heavy atom. The number of oxazole rings is 1. The number of hydrogen-bond donors (Lipinski definition) is 2. The van der Waals surface area contributed by atoms with Crippen molar-refractivity contribution < 1.29 is 4.42 Å². The van der Waals surface area contributed by atoms with Gasteiger partial charge in [-0.25, -0.2) is 9.98 Å². The van der Waals surface area contributed by atoms with Gasteiger partial charge in [-0.05, 0) is 20.4 Å². The molecular weight excluding hydrogens is 340 g/mol. The second-order valence-electron chi connectivity index (χ2n) is 8.26. The Kier molecular flexibility index (Phi) is 8.10. The average Bonchev–Trinajstić information content (AvgIpc) is 3.13. The van der Waals surface area contributed by atoms with Crippen molar-refractivity contribution in [2.45, 2.75) is 59.5 Å². The number of rotatable bonds is 7. The summed E-state index contributed by atoms with van der Waals surface area (Å²) in [5, 5.41) is 6.77. The van der Waals surface area contributed by atoms with Gasteiger partial charge in [0.2, 0.25) is 5.89 Å². The molecule has 1 fully saturated rings. The second kappa shape index (κ2) is 10.1. The fourth-order valence-electron chi connectivity index (χ4n) is 3.11. The Bertz CT molecular complexity index is 584. The van der Waals surface area contributed by atoms with E-state index in [-0.39, 0.29) is 5.41 Å². The highest BCUT2D eigenvalue weighted by atomic mass is 16.4. The van der Waals surface area contributed by atoms with Gasteiger partial charge >= 0.3 is 0 Å². The van der Waals surface area contributed by atoms with Gasteiger partial charge in [0, 0.05) is 50.7 Å². The summed E-state index contributed by atoms with van der Waals surface area (Å²) in [5.41, 5.74) is -0.0328. The van der Waals surface area contributed by atoms with Gasteiger partial charge in [-0.3, -0.25) is 4.90 Å². The van der Waals surface area contributed by atoms with Gasteiger partial charge in [0.25, 0.3) is 0 Å². The molecule has 27 heavy (non-hydrogen) atoms. The maximum atomic E-state index is 5.83. The van der Waals surface area contributed by atoms with E-state index in [1.165, 1.54) is 0 Å². The van der Waals surface area contributed by atoms with Crippen LogP contribution in [0.3, 0.4) is 0 Å². The van der Waals surface area contributed by atoms with E-state index in [0.717, 1.165) is 57.5 Å². The Morgan fingerprint density at radius 3 is 2.48 bits per heavy atom. The number of nitrogens with one attached hydrogen (secondary N) is 2. The van der Waals surface area contributed by atoms with Crippen LogP contribution < -0.4 is 10.6 Å². The van der Waals surface area contributed by atoms with E-state index in [2.05, 4.69) is 72.0 Å². The molecule has 2 rings (SSSR count). The minimum atomic E-state index is -0.0328. The number of likely N-dealkylation sites (N-methyl/N-ethyl adjacent to an activating group) is 1. The predicted molar refractivity (Wildman–Crippen MR) is 111 cm³/mol. The Hall–Kier alpha value is -1.60. The normalized spacial score (nSPS) is 18.5. The third-order valence-electron chi connectivity index (χ3n) is 5.05. The second-order valence-corrected chi connectivity index (χ2v) is 8.26. The van der Waals surface area contributed by atoms with E-state index in [4.69, 9.17) is 4.42 Å². The lowest BCUT2D eigenvalue weighted by Crippen LogP contribution is -2.53. The van der Waals surface area contributed by atoms with Gasteiger partial charge in [0.1, 0.15) is 12.3 Å². The number of aliphatic imine (C=N–C) groups is 1. The molecule has 0 aromatic carbocycles. The molecule has 1 atom stereocenters. The zero-order chi connectivity index (χ0) is 19.9. The molecule has 0 aliphatic carbocycles. The number of aromatic nitrogens is 1. The van der Waals surface area contributed by atoms with Crippen LogP contribution in [0, 0.1) is 0 Å². The molecule has 7 heteroatoms. The molecule has 2 heterocycles. The van der Waals surface area contributed by atoms with Gasteiger partial charge < -0.3 is 20.0 Å². The Balaban J connectivity index is 1.85. The van der Waals surface area contributed by atoms with E-state index >= 15 is 0 Å². The molecular formula is C20H38N6O. The van der Waals surface area contributed by atoms with Crippen molar-refractivity contribution in [1.29, 1.82) is 0 Å². The van der Waals surface area contributed by atoms with E-state index in [9.17, 15) is 0 Å². The molecule has 7 nitrogen and oxygen atoms in total. The van der Waals surface area contributed by atoms with Crippen LogP contribution in [0.4, 0.5) is 0 Å². The topological polar surface area (TPSA) is 68.9 Å². The van der Waals surface area contributed by atoms with Gasteiger partial charge in [0.15, 0.2) is 5.96 Å². The molecule has 154 valence electrons. The number of guanidine groups is 1. The highest BCUT2D eigenvalue weighted by molar-refractivity contribution is 5.79. The molecule has 1 saturated heterocycles. The largest absolute Gasteiger partial charge is 0.443 e. The zero-order valence-electron chi connectivity index (χ0n) is 18.0. The van der Waals surface area contributed by atoms with E-state index in [1.54, 1.807) is 0 Å². The monoisotopic (exact) mass is 378 g/mol. The molecule has 0 bridgehead atoms. The van der Waals surface area contributed by atoms with Gasteiger partial charge in [0.05, 0.1) is 6.20 Å². The summed E-state index contributed by atoms with van der Waals surface area (Å²) >= 11 is 0. The summed E-state index contributed by atoms with van der Waals surface area (Å²) in [6, 6.07) is 0.474. The first-order valence-electron chi connectivity index (χ1n) is 10.3. The fourth-order valence-corrected chi connectivity index (χ4v) is 3.11. The van der Waals surface area contributed by atoms with Crippen LogP contribution in [0.5, 0.6) is 0 Å². The first-order valence-corrected chi connectivity index (χ1v) is 10.3. The van der Waals surface area contributed by atoms with Crippen LogP contribution in [0.1, 0.15) is 53.2 Å². The number of nitrogens with zero attached hydrogens (tertiary/aromatic N) is 4. The smallest absolute Gasteiger partial charge is 0.216 e. The third kappa shape index (κ3) is 6.81. The van der Waals surface area contributed by atoms with Crippen LogP contribution >= 0.6 is 0 Å². The van der Waals surface area contributed by atoms with Crippen molar-refractivity contribution in [3.8, 4) is 0 Å². The minimum absolute atomic E-state index is 0.0328. The molecule has 1 aromatic rings. The van der Waals surface area contributed by atoms with Crippen molar-refractivity contribution in [2.75, 3.05) is 45.8 Å². The molecule has 1 aliphatic heterocycles. The minimum Gasteiger partial charge on any atom is -0.443 e. The summed E-state index contributed by atoms with van der Waals surface area (Å²) < 4.78 is 5.83. The van der Waals surface area contributed by atoms with Gasteiger partial charge in [-0.1, -0.05) is 27.7 Å². The Morgan fingerprint density at radius 2 is 1.93 bits per heavy atom. The lowest BCUT2D eigenvalue weighted by Gasteiger charge is -2.37. The van der Waals surface area contributed by atoms with E-state index in [0.29, 0.717) is 18.5 Å². The Labute approximate surface area is 164 Å². The quantitative estimate of drug-likeness (QED) is 0.559. The maximum absolute atomic E-state index is 5.83. The molecule has 0 amide bonds. The zero-order valence-corrected chi connectivity index (χ0v) is 18.0. The summed E-state index contributed by atoms with van der Waals surface area (Å²) in [7, 11) is 0. The van der Waals surface area contributed by atoms with Crippen molar-refractivity contribution in [3.05, 3.63) is 17.8 Å². The summed E-state index contributed by atoms with van der Waals surface area (Å²) in [6.07, 6.45) is 1.81. The van der Waals surface area contributed by atoms with Crippen molar-refractivity contribution in [1.82, 2.24) is 25.4 Å². The van der Waals surface area contributed by atoms with Crippen molar-refractivity contribution in [3.63, 3.8) is 0 Å².